The first-order chi connectivity index (χ1) is 12.9. The first kappa shape index (κ1) is 19.7. The smallest absolute Gasteiger partial charge is 0.279 e. The summed E-state index contributed by atoms with van der Waals surface area (Å²) in [6.07, 6.45) is -0.818. The fraction of sp³-hybridized carbons (Fsp3) is 0.222. The predicted molar refractivity (Wildman–Crippen MR) is 96.1 cm³/mol. The number of ether oxygens (including phenoxy) is 2. The molecule has 2 N–H and O–H groups in total. The molecule has 27 heavy (non-hydrogen) atoms. The van der Waals surface area contributed by atoms with Crippen LogP contribution in [-0.2, 0) is 9.59 Å². The number of amides is 2. The SMILES string of the molecule is Cc1ccccc1OC(C)C(=O)NNC(=O)COc1ccc([N+](=O)[O-])cc1. The molecule has 2 rings (SSSR count). The lowest BCUT2D eigenvalue weighted by molar-refractivity contribution is -0.384. The number of para-hydroxylation sites is 1. The minimum absolute atomic E-state index is 0.0818. The zero-order chi connectivity index (χ0) is 19.8. The topological polar surface area (TPSA) is 120 Å². The molecule has 0 aromatic heterocycles. The van der Waals surface area contributed by atoms with Crippen molar-refractivity contribution in [3.05, 3.63) is 64.2 Å². The number of carbonyl (C=O) groups excluding carboxylic acids is 2. The molecular formula is C18H19N3O6. The Labute approximate surface area is 155 Å². The number of nitrogens with zero attached hydrogens (tertiary/aromatic N) is 1. The molecule has 9 nitrogen and oxygen atoms in total. The summed E-state index contributed by atoms with van der Waals surface area (Å²) in [7, 11) is 0. The molecular weight excluding hydrogens is 354 g/mol. The van der Waals surface area contributed by atoms with Crippen molar-refractivity contribution in [2.75, 3.05) is 6.61 Å². The van der Waals surface area contributed by atoms with Crippen molar-refractivity contribution in [3.8, 4) is 11.5 Å². The molecule has 0 saturated heterocycles. The Hall–Kier alpha value is -3.62. The summed E-state index contributed by atoms with van der Waals surface area (Å²) in [5, 5.41) is 10.6. The number of nitro benzene ring substituents is 1. The van der Waals surface area contributed by atoms with Gasteiger partial charge in [-0.05, 0) is 37.6 Å². The van der Waals surface area contributed by atoms with Gasteiger partial charge in [-0.2, -0.15) is 0 Å². The molecule has 0 bridgehead atoms. The molecule has 0 spiro atoms. The lowest BCUT2D eigenvalue weighted by Crippen LogP contribution is -2.48. The van der Waals surface area contributed by atoms with Gasteiger partial charge in [0.2, 0.25) is 0 Å². The molecule has 0 aliphatic rings. The van der Waals surface area contributed by atoms with Crippen LogP contribution in [-0.4, -0.2) is 29.4 Å². The van der Waals surface area contributed by atoms with E-state index in [1.165, 1.54) is 24.3 Å². The summed E-state index contributed by atoms with van der Waals surface area (Å²) in [6.45, 7) is 3.05. The third kappa shape index (κ3) is 5.99. The highest BCUT2D eigenvalue weighted by Crippen LogP contribution is 2.18. The Kier molecular flexibility index (Phi) is 6.70. The van der Waals surface area contributed by atoms with E-state index in [0.717, 1.165) is 5.56 Å². The van der Waals surface area contributed by atoms with Gasteiger partial charge in [0.15, 0.2) is 12.7 Å². The number of hydrogen-bond donors (Lipinski definition) is 2. The van der Waals surface area contributed by atoms with Gasteiger partial charge in [0.1, 0.15) is 11.5 Å². The van der Waals surface area contributed by atoms with Gasteiger partial charge >= 0.3 is 0 Å². The van der Waals surface area contributed by atoms with Crippen LogP contribution in [0.15, 0.2) is 48.5 Å². The van der Waals surface area contributed by atoms with Gasteiger partial charge in [-0.25, -0.2) is 0 Å². The van der Waals surface area contributed by atoms with E-state index in [-0.39, 0.29) is 12.3 Å². The minimum Gasteiger partial charge on any atom is -0.484 e. The Morgan fingerprint density at radius 3 is 2.41 bits per heavy atom. The molecule has 2 aromatic carbocycles. The van der Waals surface area contributed by atoms with Gasteiger partial charge in [0, 0.05) is 12.1 Å². The number of aryl methyl sites for hydroxylation is 1. The second-order valence-electron chi connectivity index (χ2n) is 5.60. The van der Waals surface area contributed by atoms with E-state index in [4.69, 9.17) is 9.47 Å². The lowest BCUT2D eigenvalue weighted by Gasteiger charge is -2.16. The molecule has 0 aliphatic heterocycles. The molecule has 142 valence electrons. The molecule has 9 heteroatoms. The van der Waals surface area contributed by atoms with E-state index >= 15 is 0 Å². The zero-order valence-corrected chi connectivity index (χ0v) is 14.8. The highest BCUT2D eigenvalue weighted by atomic mass is 16.6. The van der Waals surface area contributed by atoms with Crippen LogP contribution in [0.1, 0.15) is 12.5 Å². The van der Waals surface area contributed by atoms with Crippen LogP contribution < -0.4 is 20.3 Å². The van der Waals surface area contributed by atoms with Crippen molar-refractivity contribution in [1.82, 2.24) is 10.9 Å². The molecule has 0 saturated carbocycles. The fourth-order valence-electron chi connectivity index (χ4n) is 2.01. The first-order valence-electron chi connectivity index (χ1n) is 8.05. The van der Waals surface area contributed by atoms with E-state index in [1.807, 2.05) is 19.1 Å². The Bertz CT molecular complexity index is 822. The van der Waals surface area contributed by atoms with Crippen molar-refractivity contribution in [1.29, 1.82) is 0 Å². The zero-order valence-electron chi connectivity index (χ0n) is 14.8. The Morgan fingerprint density at radius 2 is 1.78 bits per heavy atom. The second kappa shape index (κ2) is 9.18. The third-order valence-corrected chi connectivity index (χ3v) is 3.51. The normalized spacial score (nSPS) is 11.2. The molecule has 0 heterocycles. The van der Waals surface area contributed by atoms with Gasteiger partial charge in [-0.3, -0.25) is 30.6 Å². The number of nitrogens with one attached hydrogen (secondary N) is 2. The van der Waals surface area contributed by atoms with Gasteiger partial charge in [0.25, 0.3) is 17.5 Å². The maximum atomic E-state index is 12.0. The summed E-state index contributed by atoms with van der Waals surface area (Å²) in [6, 6.07) is 12.5. The van der Waals surface area contributed by atoms with Gasteiger partial charge in [0.05, 0.1) is 4.92 Å². The Morgan fingerprint density at radius 1 is 1.11 bits per heavy atom. The number of non-ortho nitro benzene ring substituents is 1. The summed E-state index contributed by atoms with van der Waals surface area (Å²) in [5.41, 5.74) is 5.27. The quantitative estimate of drug-likeness (QED) is 0.565. The number of rotatable bonds is 7. The summed E-state index contributed by atoms with van der Waals surface area (Å²) < 4.78 is 10.7. The summed E-state index contributed by atoms with van der Waals surface area (Å²) in [4.78, 5) is 33.7. The third-order valence-electron chi connectivity index (χ3n) is 3.51. The van der Waals surface area contributed by atoms with Crippen LogP contribution in [0.25, 0.3) is 0 Å². The van der Waals surface area contributed by atoms with Crippen molar-refractivity contribution < 1.29 is 24.0 Å². The predicted octanol–water partition coefficient (Wildman–Crippen LogP) is 1.90. The molecule has 1 atom stereocenters. The number of hydrogen-bond acceptors (Lipinski definition) is 6. The van der Waals surface area contributed by atoms with Crippen LogP contribution in [0.3, 0.4) is 0 Å². The van der Waals surface area contributed by atoms with Gasteiger partial charge in [-0.15, -0.1) is 0 Å². The monoisotopic (exact) mass is 373 g/mol. The van der Waals surface area contributed by atoms with Crippen molar-refractivity contribution >= 4 is 17.5 Å². The van der Waals surface area contributed by atoms with Crippen LogP contribution in [0.5, 0.6) is 11.5 Å². The molecule has 2 aromatic rings. The van der Waals surface area contributed by atoms with Crippen molar-refractivity contribution in [2.45, 2.75) is 20.0 Å². The van der Waals surface area contributed by atoms with E-state index in [9.17, 15) is 19.7 Å². The second-order valence-corrected chi connectivity index (χ2v) is 5.60. The molecule has 0 aliphatic carbocycles. The fourth-order valence-corrected chi connectivity index (χ4v) is 2.01. The molecule has 0 radical (unpaired) electrons. The highest BCUT2D eigenvalue weighted by Gasteiger charge is 2.16. The number of hydrazine groups is 1. The minimum atomic E-state index is -0.818. The molecule has 1 unspecified atom stereocenters. The van der Waals surface area contributed by atoms with Crippen LogP contribution >= 0.6 is 0 Å². The number of nitro groups is 1. The first-order valence-corrected chi connectivity index (χ1v) is 8.05. The maximum Gasteiger partial charge on any atom is 0.279 e. The van der Waals surface area contributed by atoms with Crippen LogP contribution in [0.2, 0.25) is 0 Å². The largest absolute Gasteiger partial charge is 0.484 e. The highest BCUT2D eigenvalue weighted by molar-refractivity contribution is 5.85. The summed E-state index contributed by atoms with van der Waals surface area (Å²) >= 11 is 0. The average molecular weight is 373 g/mol. The van der Waals surface area contributed by atoms with Crippen LogP contribution in [0, 0.1) is 17.0 Å². The summed E-state index contributed by atoms with van der Waals surface area (Å²) in [5.74, 6) is -0.252. The van der Waals surface area contributed by atoms with E-state index < -0.39 is 22.8 Å². The average Bonchev–Trinajstić information content (AvgIpc) is 2.66. The standard InChI is InChI=1S/C18H19N3O6/c1-12-5-3-4-6-16(12)27-13(2)18(23)20-19-17(22)11-26-15-9-7-14(8-10-15)21(24)25/h3-10,13H,11H2,1-2H3,(H,19,22)(H,20,23). The van der Waals surface area contributed by atoms with Crippen molar-refractivity contribution in [2.24, 2.45) is 0 Å². The lowest BCUT2D eigenvalue weighted by atomic mass is 10.2. The van der Waals surface area contributed by atoms with Gasteiger partial charge < -0.3 is 9.47 Å². The number of carbonyl (C=O) groups is 2. The van der Waals surface area contributed by atoms with Gasteiger partial charge in [-0.1, -0.05) is 18.2 Å². The van der Waals surface area contributed by atoms with E-state index in [2.05, 4.69) is 10.9 Å². The van der Waals surface area contributed by atoms with Crippen molar-refractivity contribution in [3.63, 3.8) is 0 Å². The van der Waals surface area contributed by atoms with E-state index in [0.29, 0.717) is 11.5 Å². The molecule has 2 amide bonds. The Balaban J connectivity index is 1.75. The van der Waals surface area contributed by atoms with Crippen LogP contribution in [0.4, 0.5) is 5.69 Å². The van der Waals surface area contributed by atoms with E-state index in [1.54, 1.807) is 19.1 Å². The molecule has 0 fully saturated rings. The maximum absolute atomic E-state index is 12.0. The number of benzene rings is 2.